The van der Waals surface area contributed by atoms with Crippen LogP contribution in [-0.2, 0) is 137 Å². The zero-order valence-electron chi connectivity index (χ0n) is 76.2. The van der Waals surface area contributed by atoms with Crippen LogP contribution in [-0.4, -0.2) is 465 Å². The first-order valence-corrected chi connectivity index (χ1v) is 45.2. The summed E-state index contributed by atoms with van der Waals surface area (Å²) in [5.74, 6) is 0.609. The Morgan fingerprint density at radius 2 is 0.681 bits per heavy atom. The highest BCUT2D eigenvalue weighted by molar-refractivity contribution is 5.05. The molecule has 54 nitrogen and oxygen atoms in total. The normalized spacial score (nSPS) is 30.2. The molecular formula is C81H142N18O36. The number of aliphatic hydroxyl groups is 21. The molecule has 0 aromatic carbocycles. The highest BCUT2D eigenvalue weighted by Gasteiger charge is 2.49. The second-order valence-electron chi connectivity index (χ2n) is 33.5. The predicted octanol–water partition coefficient (Wildman–Crippen LogP) is -10.1. The van der Waals surface area contributed by atoms with Crippen molar-refractivity contribution in [3.05, 3.63) is 83.5 Å². The molecule has 6 aromatic heterocycles. The van der Waals surface area contributed by atoms with Crippen LogP contribution >= 0.6 is 0 Å². The summed E-state index contributed by atoms with van der Waals surface area (Å²) in [6.45, 7) is 14.3. The Kier molecular flexibility index (Phi) is 51.6. The third kappa shape index (κ3) is 38.4. The smallest absolute Gasteiger partial charge is 0.186 e. The Labute approximate surface area is 778 Å². The van der Waals surface area contributed by atoms with Gasteiger partial charge in [0.2, 0.25) is 0 Å². The van der Waals surface area contributed by atoms with E-state index in [9.17, 15) is 81.7 Å². The molecular weight excluding hydrogens is 1800 g/mol. The summed E-state index contributed by atoms with van der Waals surface area (Å²) in [5, 5.41) is 245. The molecule has 0 bridgehead atoms. The Balaban J connectivity index is 0.000000208. The fourth-order valence-corrected chi connectivity index (χ4v) is 13.9. The summed E-state index contributed by atoms with van der Waals surface area (Å²) in [6, 6.07) is 4.33. The molecule has 0 radical (unpaired) electrons. The maximum absolute atomic E-state index is 9.88. The van der Waals surface area contributed by atoms with Gasteiger partial charge in [-0.2, -0.15) is 0 Å². The number of aliphatic hydroxyl groups excluding tert-OH is 21. The average molecular weight is 1940 g/mol. The lowest BCUT2D eigenvalue weighted by Crippen LogP contribution is -2.59. The van der Waals surface area contributed by atoms with Gasteiger partial charge in [-0.25, -0.2) is 9.36 Å². The van der Waals surface area contributed by atoms with E-state index < -0.39 is 193 Å². The number of aromatic amines is 1. The molecule has 26 unspecified atom stereocenters. The van der Waals surface area contributed by atoms with Gasteiger partial charge in [0, 0.05) is 63.6 Å². The van der Waals surface area contributed by atoms with Crippen LogP contribution in [0.3, 0.4) is 0 Å². The van der Waals surface area contributed by atoms with Crippen molar-refractivity contribution in [2.75, 3.05) is 106 Å². The van der Waals surface area contributed by atoms with E-state index >= 15 is 0 Å². The number of ether oxygens (including phenoxy) is 15. The second-order valence-corrected chi connectivity index (χ2v) is 33.5. The van der Waals surface area contributed by atoms with Gasteiger partial charge in [-0.1, -0.05) is 39.9 Å². The number of nitrogens with zero attached hydrogens (tertiary/aromatic N) is 15. The number of aromatic nitrogens is 16. The van der Waals surface area contributed by atoms with E-state index in [2.05, 4.69) is 75.7 Å². The highest BCUT2D eigenvalue weighted by atomic mass is 16.7. The minimum atomic E-state index is -1.45. The largest absolute Gasteiger partial charge is 0.394 e. The van der Waals surface area contributed by atoms with E-state index in [4.69, 9.17) is 102 Å². The van der Waals surface area contributed by atoms with Crippen LogP contribution in [0, 0.1) is 5.92 Å². The lowest BCUT2D eigenvalue weighted by Gasteiger charge is -2.39. The molecule has 6 saturated heterocycles. The number of hydrogen-bond donors (Lipinski definition) is 24. The number of nitrogens with one attached hydrogen (secondary N) is 2. The molecule has 6 aliphatic rings. The molecule has 6 aliphatic heterocycles. The second kappa shape index (κ2) is 61.2. The van der Waals surface area contributed by atoms with Gasteiger partial charge in [0.15, 0.2) is 31.5 Å². The van der Waals surface area contributed by atoms with Crippen LogP contribution in [0.2, 0.25) is 0 Å². The first kappa shape index (κ1) is 114. The van der Waals surface area contributed by atoms with E-state index in [0.29, 0.717) is 140 Å². The molecule has 0 aliphatic carbocycles. The predicted molar refractivity (Wildman–Crippen MR) is 456 cm³/mol. The molecule has 0 spiro atoms. The SMILES string of the molecule is CC(C)CCn1cc(COCCCOC2OC(CO)C(O)C(O)C2O)nn1.C[C@H](N)Cn1cc(COCCCOC2OC(CO)C(O)C(O)C2O)nn1.C[C@H](O)Cn1cc(COCCCOC2OC(CO)C(O)C(O)C2O)nn1.OCC1OC(OCCCOCc2cn(CC3CCCN3)nn2)C(O)C(O)C1O.OCC1OC(OCCCOCc2cn(Cc3ccc[nH]3)nn2)C(O)C(O)C1O. The average Bonchev–Trinajstić information content (AvgIpc) is 1.75. The van der Waals surface area contributed by atoms with Crippen molar-refractivity contribution in [3.8, 4) is 0 Å². The standard InChI is InChI=1S/C17H30N4O7.C17H26N4O7.C17H31N3O7.C15H28N4O7.C15H27N3O8/c2*22-9-13-14(23)15(24)16(25)17(28-13)27-6-2-5-26-10-12-8-21(20-19-12)7-11-3-1-4-18-11;1-11(2)4-5-20-8-12(18-19-20)10-25-6-3-7-26-17-16(24)15(23)14(22)13(9-21)27-17;1-9(16)5-19-6-10(17-18-19)8-24-3-2-4-25-15-14(23)13(22)12(21)11(7-20)26-15;1-9(20)5-18-6-10(16-17-18)8-24-3-2-4-25-15-14(23)13(22)12(21)11(7-19)26-15/h8,11,13-18,22-25H,1-7,9-10H2;1,3-4,8,13-18,22-25H,2,5-7,9-10H2;8,11,13-17,21-24H,3-7,9-10H2,1-2H3;6,9,11-15,20-23H,2-5,7-8,16H2,1H3;6,9,11-15,19-23H,2-5,7-8H2,1H3/t;;;2*9-,11?,12?,13?,14?,15?/m...00/s1. The van der Waals surface area contributed by atoms with Crippen molar-refractivity contribution in [1.29, 1.82) is 0 Å². The summed E-state index contributed by atoms with van der Waals surface area (Å²) >= 11 is 0. The quantitative estimate of drug-likeness (QED) is 0.0158. The van der Waals surface area contributed by atoms with Crippen LogP contribution in [0.25, 0.3) is 0 Å². The van der Waals surface area contributed by atoms with Gasteiger partial charge in [0.05, 0.1) is 162 Å². The van der Waals surface area contributed by atoms with Gasteiger partial charge in [0.1, 0.15) is 151 Å². The fourth-order valence-electron chi connectivity index (χ4n) is 13.9. The third-order valence-electron chi connectivity index (χ3n) is 21.4. The Morgan fingerprint density at radius 3 is 0.970 bits per heavy atom. The number of nitrogens with two attached hydrogens (primary N) is 1. The van der Waals surface area contributed by atoms with Gasteiger partial charge in [-0.3, -0.25) is 14.0 Å². The zero-order valence-corrected chi connectivity index (χ0v) is 76.2. The fraction of sp³-hybridized carbons (Fsp3) is 0.827. The minimum absolute atomic E-state index is 0.00923. The van der Waals surface area contributed by atoms with Gasteiger partial charge in [0.25, 0.3) is 0 Å². The molecule has 0 amide bonds. The Morgan fingerprint density at radius 1 is 0.385 bits per heavy atom. The van der Waals surface area contributed by atoms with Crippen molar-refractivity contribution in [2.24, 2.45) is 11.7 Å². The summed E-state index contributed by atoms with van der Waals surface area (Å²) in [6.07, 6.45) is -15.3. The first-order valence-electron chi connectivity index (χ1n) is 45.2. The minimum Gasteiger partial charge on any atom is -0.394 e. The van der Waals surface area contributed by atoms with Crippen LogP contribution in [0.15, 0.2) is 49.3 Å². The lowest BCUT2D eigenvalue weighted by atomic mass is 9.99. The monoisotopic (exact) mass is 1940 g/mol. The van der Waals surface area contributed by atoms with Crippen LogP contribution < -0.4 is 11.1 Å². The van der Waals surface area contributed by atoms with Crippen LogP contribution in [0.5, 0.6) is 0 Å². The molecule has 0 saturated carbocycles. The molecule has 6 aromatic rings. The van der Waals surface area contributed by atoms with Crippen LogP contribution in [0.1, 0.15) is 113 Å². The molecule has 54 heteroatoms. The van der Waals surface area contributed by atoms with Crippen molar-refractivity contribution in [2.45, 2.75) is 317 Å². The summed E-state index contributed by atoms with van der Waals surface area (Å²) in [7, 11) is 0. The topological polar surface area (TPSA) is 771 Å². The maximum Gasteiger partial charge on any atom is 0.186 e. The van der Waals surface area contributed by atoms with E-state index in [-0.39, 0.29) is 45.7 Å². The van der Waals surface area contributed by atoms with E-state index in [1.165, 1.54) is 11.1 Å². The summed E-state index contributed by atoms with van der Waals surface area (Å²) in [4.78, 5) is 3.10. The maximum atomic E-state index is 9.88. The number of aryl methyl sites for hydroxylation is 1. The summed E-state index contributed by atoms with van der Waals surface area (Å²) < 4.78 is 89.2. The van der Waals surface area contributed by atoms with Crippen molar-refractivity contribution in [1.82, 2.24) is 85.3 Å². The number of H-pyrrole nitrogens is 1. The lowest BCUT2D eigenvalue weighted by molar-refractivity contribution is -0.301. The molecule has 12 heterocycles. The molecule has 772 valence electrons. The Hall–Kier alpha value is -6.54. The number of rotatable bonds is 51. The zero-order chi connectivity index (χ0) is 97.9. The van der Waals surface area contributed by atoms with Crippen LogP contribution in [0.4, 0.5) is 0 Å². The molecule has 6 fully saturated rings. The molecule has 12 rings (SSSR count). The van der Waals surface area contributed by atoms with E-state index in [0.717, 1.165) is 49.6 Å². The highest BCUT2D eigenvalue weighted by Crippen LogP contribution is 2.28. The van der Waals surface area contributed by atoms with E-state index in [1.807, 2.05) is 48.5 Å². The molecule has 28 atom stereocenters. The number of hydrogen-bond acceptors (Lipinski definition) is 48. The van der Waals surface area contributed by atoms with Crippen molar-refractivity contribution < 1.29 is 178 Å². The van der Waals surface area contributed by atoms with E-state index in [1.54, 1.807) is 33.4 Å². The summed E-state index contributed by atoms with van der Waals surface area (Å²) in [5.41, 5.74) is 10.3. The third-order valence-corrected chi connectivity index (χ3v) is 21.4. The molecule has 25 N–H and O–H groups in total. The van der Waals surface area contributed by atoms with Crippen molar-refractivity contribution >= 4 is 0 Å². The van der Waals surface area contributed by atoms with Gasteiger partial charge >= 0.3 is 0 Å². The van der Waals surface area contributed by atoms with Gasteiger partial charge < -0.3 is 194 Å². The van der Waals surface area contributed by atoms with Gasteiger partial charge in [-0.05, 0) is 89.8 Å². The first-order chi connectivity index (χ1) is 64.9. The van der Waals surface area contributed by atoms with Crippen molar-refractivity contribution in [3.63, 3.8) is 0 Å². The van der Waals surface area contributed by atoms with Gasteiger partial charge in [-0.15, -0.1) is 25.5 Å². The Bertz CT molecular complexity index is 3930. The molecule has 135 heavy (non-hydrogen) atoms.